The molecule has 0 spiro atoms. The minimum atomic E-state index is -0.496. The maximum atomic E-state index is 11.4. The zero-order valence-electron chi connectivity index (χ0n) is 9.26. The molecule has 2 N–H and O–H groups in total. The second-order valence-corrected chi connectivity index (χ2v) is 4.44. The highest BCUT2D eigenvalue weighted by molar-refractivity contribution is 5.76. The first-order valence-electron chi connectivity index (χ1n) is 4.76. The molecule has 0 aromatic rings. The molecule has 0 saturated carbocycles. The molecule has 0 fully saturated rings. The van der Waals surface area contributed by atoms with Crippen LogP contribution in [0.1, 0.15) is 41.0 Å². The van der Waals surface area contributed by atoms with Crippen molar-refractivity contribution in [1.82, 2.24) is 0 Å². The number of carbonyl (C=O) groups excluding carboxylic acids is 1. The summed E-state index contributed by atoms with van der Waals surface area (Å²) in [7, 11) is 0. The van der Waals surface area contributed by atoms with Crippen LogP contribution in [0.15, 0.2) is 0 Å². The highest BCUT2D eigenvalue weighted by atomic mass is 16.6. The third-order valence-electron chi connectivity index (χ3n) is 1.94. The molecular weight excluding hydrogens is 166 g/mol. The largest absolute Gasteiger partial charge is 0.459 e. The Morgan fingerprint density at radius 1 is 1.46 bits per heavy atom. The number of hydrogen-bond donors (Lipinski definition) is 1. The van der Waals surface area contributed by atoms with Crippen LogP contribution in [-0.2, 0) is 9.53 Å². The lowest BCUT2D eigenvalue weighted by molar-refractivity contribution is -0.157. The molecule has 0 bridgehead atoms. The van der Waals surface area contributed by atoms with E-state index in [0.717, 1.165) is 6.42 Å². The van der Waals surface area contributed by atoms with Crippen LogP contribution in [0.3, 0.4) is 0 Å². The molecule has 0 amide bonds. The highest BCUT2D eigenvalue weighted by Crippen LogP contribution is 2.12. The zero-order valence-corrected chi connectivity index (χ0v) is 9.26. The molecule has 3 nitrogen and oxygen atoms in total. The van der Waals surface area contributed by atoms with E-state index in [1.807, 2.05) is 34.6 Å². The van der Waals surface area contributed by atoms with Gasteiger partial charge in [-0.15, -0.1) is 0 Å². The van der Waals surface area contributed by atoms with E-state index >= 15 is 0 Å². The van der Waals surface area contributed by atoms with Crippen molar-refractivity contribution in [3.63, 3.8) is 0 Å². The Labute approximate surface area is 80.6 Å². The molecule has 3 heteroatoms. The van der Waals surface area contributed by atoms with Crippen LogP contribution in [-0.4, -0.2) is 17.6 Å². The number of hydrogen-bond acceptors (Lipinski definition) is 3. The third-order valence-corrected chi connectivity index (χ3v) is 1.94. The van der Waals surface area contributed by atoms with Gasteiger partial charge in [-0.3, -0.25) is 4.79 Å². The topological polar surface area (TPSA) is 52.3 Å². The van der Waals surface area contributed by atoms with Gasteiger partial charge in [0.25, 0.3) is 0 Å². The van der Waals surface area contributed by atoms with E-state index in [4.69, 9.17) is 10.5 Å². The summed E-state index contributed by atoms with van der Waals surface area (Å²) < 4.78 is 5.16. The molecule has 0 aliphatic heterocycles. The van der Waals surface area contributed by atoms with Gasteiger partial charge in [-0.05, 0) is 26.7 Å². The summed E-state index contributed by atoms with van der Waals surface area (Å²) >= 11 is 0. The van der Waals surface area contributed by atoms with E-state index in [1.165, 1.54) is 0 Å². The number of rotatable bonds is 3. The fourth-order valence-electron chi connectivity index (χ4n) is 0.856. The lowest BCUT2D eigenvalue weighted by Gasteiger charge is -2.24. The Kier molecular flexibility index (Phi) is 4.40. The average Bonchev–Trinajstić information content (AvgIpc) is 1.98. The molecule has 2 atom stereocenters. The Balaban J connectivity index is 4.12. The molecule has 78 valence electrons. The van der Waals surface area contributed by atoms with E-state index in [-0.39, 0.29) is 11.9 Å². The molecule has 13 heavy (non-hydrogen) atoms. The molecule has 0 heterocycles. The van der Waals surface area contributed by atoms with Gasteiger partial charge >= 0.3 is 5.97 Å². The summed E-state index contributed by atoms with van der Waals surface area (Å²) in [5.74, 6) is -0.128. The molecule has 0 radical (unpaired) electrons. The van der Waals surface area contributed by atoms with Crippen LogP contribution in [0.25, 0.3) is 0 Å². The quantitative estimate of drug-likeness (QED) is 0.684. The molecule has 0 aliphatic carbocycles. The van der Waals surface area contributed by atoms with Gasteiger partial charge in [0.15, 0.2) is 0 Å². The van der Waals surface area contributed by atoms with E-state index < -0.39 is 11.6 Å². The molecule has 0 saturated heterocycles. The van der Waals surface area contributed by atoms with E-state index in [2.05, 4.69) is 0 Å². The molecule has 0 aliphatic rings. The molecule has 0 rings (SSSR count). The maximum Gasteiger partial charge on any atom is 0.323 e. The maximum absolute atomic E-state index is 11.4. The van der Waals surface area contributed by atoms with E-state index in [1.54, 1.807) is 0 Å². The normalized spacial score (nSPS) is 16.5. The third kappa shape index (κ3) is 4.88. The summed E-state index contributed by atoms with van der Waals surface area (Å²) in [4.78, 5) is 11.4. The number of esters is 1. The Bertz CT molecular complexity index is 172. The van der Waals surface area contributed by atoms with Gasteiger partial charge in [-0.1, -0.05) is 20.3 Å². The lowest BCUT2D eigenvalue weighted by atomic mass is 10.00. The van der Waals surface area contributed by atoms with Crippen LogP contribution in [0.4, 0.5) is 0 Å². The molecule has 2 unspecified atom stereocenters. The monoisotopic (exact) mass is 187 g/mol. The zero-order chi connectivity index (χ0) is 10.6. The van der Waals surface area contributed by atoms with Crippen molar-refractivity contribution >= 4 is 5.97 Å². The summed E-state index contributed by atoms with van der Waals surface area (Å²) in [6.07, 6.45) is 0.889. The summed E-state index contributed by atoms with van der Waals surface area (Å²) in [5.41, 5.74) is 5.26. The first kappa shape index (κ1) is 12.4. The molecule has 0 aromatic carbocycles. The van der Waals surface area contributed by atoms with Gasteiger partial charge in [0.2, 0.25) is 0 Å². The standard InChI is InChI=1S/C10H21NO2/c1-6-7(2)8(11)9(12)13-10(3,4)5/h7-8H,6,11H2,1-5H3. The highest BCUT2D eigenvalue weighted by Gasteiger charge is 2.25. The van der Waals surface area contributed by atoms with Crippen molar-refractivity contribution in [2.24, 2.45) is 11.7 Å². The van der Waals surface area contributed by atoms with Crippen molar-refractivity contribution in [1.29, 1.82) is 0 Å². The predicted octanol–water partition coefficient (Wildman–Crippen LogP) is 1.70. The van der Waals surface area contributed by atoms with Crippen molar-refractivity contribution in [3.8, 4) is 0 Å². The fourth-order valence-corrected chi connectivity index (χ4v) is 0.856. The second-order valence-electron chi connectivity index (χ2n) is 4.44. The number of nitrogens with two attached hydrogens (primary N) is 1. The van der Waals surface area contributed by atoms with Crippen LogP contribution in [0.5, 0.6) is 0 Å². The van der Waals surface area contributed by atoms with E-state index in [0.29, 0.717) is 0 Å². The van der Waals surface area contributed by atoms with Crippen LogP contribution < -0.4 is 5.73 Å². The summed E-state index contributed by atoms with van der Waals surface area (Å²) in [5, 5.41) is 0. The first-order valence-corrected chi connectivity index (χ1v) is 4.76. The fraction of sp³-hybridized carbons (Fsp3) is 0.900. The van der Waals surface area contributed by atoms with Crippen LogP contribution in [0.2, 0.25) is 0 Å². The lowest BCUT2D eigenvalue weighted by Crippen LogP contribution is -2.41. The smallest absolute Gasteiger partial charge is 0.323 e. The van der Waals surface area contributed by atoms with Crippen LogP contribution in [0, 0.1) is 5.92 Å². The van der Waals surface area contributed by atoms with Crippen molar-refractivity contribution < 1.29 is 9.53 Å². The average molecular weight is 187 g/mol. The molecular formula is C10H21NO2. The predicted molar refractivity (Wildman–Crippen MR) is 53.3 cm³/mol. The second kappa shape index (κ2) is 4.61. The van der Waals surface area contributed by atoms with Crippen LogP contribution >= 0.6 is 0 Å². The number of carbonyl (C=O) groups is 1. The summed E-state index contributed by atoms with van der Waals surface area (Å²) in [6.45, 7) is 9.49. The van der Waals surface area contributed by atoms with Gasteiger partial charge < -0.3 is 10.5 Å². The van der Waals surface area contributed by atoms with Gasteiger partial charge in [0.05, 0.1) is 0 Å². The Morgan fingerprint density at radius 2 is 1.92 bits per heavy atom. The van der Waals surface area contributed by atoms with Crippen molar-refractivity contribution in [3.05, 3.63) is 0 Å². The van der Waals surface area contributed by atoms with Crippen molar-refractivity contribution in [2.45, 2.75) is 52.7 Å². The Hall–Kier alpha value is -0.570. The van der Waals surface area contributed by atoms with Gasteiger partial charge in [0, 0.05) is 0 Å². The molecule has 0 aromatic heterocycles. The Morgan fingerprint density at radius 3 is 2.23 bits per heavy atom. The van der Waals surface area contributed by atoms with Gasteiger partial charge in [-0.25, -0.2) is 0 Å². The number of ether oxygens (including phenoxy) is 1. The summed E-state index contributed by atoms with van der Waals surface area (Å²) in [6, 6.07) is -0.496. The van der Waals surface area contributed by atoms with Gasteiger partial charge in [-0.2, -0.15) is 0 Å². The van der Waals surface area contributed by atoms with Gasteiger partial charge in [0.1, 0.15) is 11.6 Å². The SMILES string of the molecule is CCC(C)C(N)C(=O)OC(C)(C)C. The van der Waals surface area contributed by atoms with Crippen molar-refractivity contribution in [2.75, 3.05) is 0 Å². The minimum absolute atomic E-state index is 0.176. The first-order chi connectivity index (χ1) is 5.78. The minimum Gasteiger partial charge on any atom is -0.459 e. The van der Waals surface area contributed by atoms with E-state index in [9.17, 15) is 4.79 Å².